The molecule has 0 bridgehead atoms. The van der Waals surface area contributed by atoms with Crippen molar-refractivity contribution in [2.24, 2.45) is 17.6 Å². The lowest BCUT2D eigenvalue weighted by Gasteiger charge is -2.28. The SMILES string of the molecule is CC(C)C[C@H](N)C(O)CN(CC#N)C[C@@H]1CCNC1=O.O=C(O)C(F)(F)F. The van der Waals surface area contributed by atoms with Crippen LogP contribution in [0.3, 0.4) is 0 Å². The molecule has 3 atom stereocenters. The maximum Gasteiger partial charge on any atom is 0.490 e. The van der Waals surface area contributed by atoms with Gasteiger partial charge in [-0.05, 0) is 18.8 Å². The van der Waals surface area contributed by atoms with Crippen LogP contribution < -0.4 is 11.1 Å². The van der Waals surface area contributed by atoms with Crippen LogP contribution in [0.2, 0.25) is 0 Å². The Balaban J connectivity index is 0.000000821. The van der Waals surface area contributed by atoms with Crippen molar-refractivity contribution in [3.8, 4) is 6.07 Å². The Bertz CT molecular complexity index is 523. The number of aliphatic hydroxyl groups is 1. The first-order valence-electron chi connectivity index (χ1n) is 8.49. The summed E-state index contributed by atoms with van der Waals surface area (Å²) in [4.78, 5) is 22.3. The Morgan fingerprint density at radius 3 is 2.41 bits per heavy atom. The number of carboxylic acids is 1. The summed E-state index contributed by atoms with van der Waals surface area (Å²) < 4.78 is 31.7. The summed E-state index contributed by atoms with van der Waals surface area (Å²) in [5, 5.41) is 28.9. The van der Waals surface area contributed by atoms with E-state index >= 15 is 0 Å². The van der Waals surface area contributed by atoms with Gasteiger partial charge < -0.3 is 21.3 Å². The van der Waals surface area contributed by atoms with Gasteiger partial charge in [-0.3, -0.25) is 9.69 Å². The molecule has 8 nitrogen and oxygen atoms in total. The number of aliphatic hydroxyl groups excluding tert-OH is 1. The van der Waals surface area contributed by atoms with Gasteiger partial charge in [-0.15, -0.1) is 0 Å². The van der Waals surface area contributed by atoms with Crippen molar-refractivity contribution in [1.82, 2.24) is 10.2 Å². The normalized spacial score (nSPS) is 19.1. The highest BCUT2D eigenvalue weighted by Crippen LogP contribution is 2.14. The molecule has 0 aromatic rings. The lowest BCUT2D eigenvalue weighted by Crippen LogP contribution is -2.46. The van der Waals surface area contributed by atoms with Crippen LogP contribution in [0.15, 0.2) is 0 Å². The molecule has 0 aromatic heterocycles. The number of hydrogen-bond donors (Lipinski definition) is 4. The molecule has 0 aromatic carbocycles. The Kier molecular flexibility index (Phi) is 10.9. The number of aliphatic carboxylic acids is 1. The first-order chi connectivity index (χ1) is 12.4. The fourth-order valence-corrected chi connectivity index (χ4v) is 2.54. The van der Waals surface area contributed by atoms with Crippen LogP contribution >= 0.6 is 0 Å². The van der Waals surface area contributed by atoms with E-state index in [0.717, 1.165) is 12.8 Å². The minimum Gasteiger partial charge on any atom is -0.475 e. The number of rotatable bonds is 8. The molecule has 0 aliphatic carbocycles. The Morgan fingerprint density at radius 1 is 1.48 bits per heavy atom. The molecule has 0 spiro atoms. The van der Waals surface area contributed by atoms with Crippen LogP contribution in [0, 0.1) is 23.2 Å². The van der Waals surface area contributed by atoms with E-state index in [1.807, 2.05) is 4.90 Å². The second kappa shape index (κ2) is 11.7. The summed E-state index contributed by atoms with van der Waals surface area (Å²) in [6.07, 6.45) is -4.23. The maximum atomic E-state index is 11.6. The van der Waals surface area contributed by atoms with Gasteiger partial charge in [-0.2, -0.15) is 18.4 Å². The fraction of sp³-hybridized carbons (Fsp3) is 0.812. The molecule has 1 saturated heterocycles. The van der Waals surface area contributed by atoms with Gasteiger partial charge in [0, 0.05) is 25.7 Å². The first-order valence-corrected chi connectivity index (χ1v) is 8.49. The third-order valence-electron chi connectivity index (χ3n) is 3.86. The van der Waals surface area contributed by atoms with E-state index < -0.39 is 18.2 Å². The number of carbonyl (C=O) groups is 2. The van der Waals surface area contributed by atoms with Crippen LogP contribution in [-0.2, 0) is 9.59 Å². The summed E-state index contributed by atoms with van der Waals surface area (Å²) in [7, 11) is 0. The minimum atomic E-state index is -5.08. The average Bonchev–Trinajstić information content (AvgIpc) is 2.91. The summed E-state index contributed by atoms with van der Waals surface area (Å²) >= 11 is 0. The zero-order chi connectivity index (χ0) is 21.2. The monoisotopic (exact) mass is 396 g/mol. The van der Waals surface area contributed by atoms with Gasteiger partial charge in [0.05, 0.1) is 24.6 Å². The van der Waals surface area contributed by atoms with Gasteiger partial charge in [0.15, 0.2) is 0 Å². The van der Waals surface area contributed by atoms with Crippen LogP contribution in [0.5, 0.6) is 0 Å². The van der Waals surface area contributed by atoms with Gasteiger partial charge in [-0.1, -0.05) is 13.8 Å². The number of carbonyl (C=O) groups excluding carboxylic acids is 1. The second-order valence-corrected chi connectivity index (χ2v) is 6.79. The van der Waals surface area contributed by atoms with Gasteiger partial charge in [0.1, 0.15) is 0 Å². The van der Waals surface area contributed by atoms with Gasteiger partial charge in [0.25, 0.3) is 0 Å². The number of halogens is 3. The van der Waals surface area contributed by atoms with E-state index in [0.29, 0.717) is 25.6 Å². The van der Waals surface area contributed by atoms with Crippen molar-refractivity contribution in [3.63, 3.8) is 0 Å². The lowest BCUT2D eigenvalue weighted by molar-refractivity contribution is -0.192. The number of nitrogens with zero attached hydrogens (tertiary/aromatic N) is 2. The molecule has 1 aliphatic heterocycles. The summed E-state index contributed by atoms with van der Waals surface area (Å²) in [5.74, 6) is -2.39. The predicted molar refractivity (Wildman–Crippen MR) is 90.3 cm³/mol. The predicted octanol–water partition coefficient (Wildman–Crippen LogP) is 0.316. The van der Waals surface area contributed by atoms with E-state index in [9.17, 15) is 23.1 Å². The smallest absolute Gasteiger partial charge is 0.475 e. The largest absolute Gasteiger partial charge is 0.490 e. The van der Waals surface area contributed by atoms with Crippen LogP contribution in [0.4, 0.5) is 13.2 Å². The van der Waals surface area contributed by atoms with E-state index in [1.54, 1.807) is 0 Å². The molecule has 0 radical (unpaired) electrons. The molecule has 1 unspecified atom stereocenters. The molecule has 156 valence electrons. The summed E-state index contributed by atoms with van der Waals surface area (Å²) in [6.45, 7) is 5.86. The Labute approximate surface area is 156 Å². The van der Waals surface area contributed by atoms with E-state index in [2.05, 4.69) is 25.2 Å². The maximum absolute atomic E-state index is 11.6. The van der Waals surface area contributed by atoms with Crippen LogP contribution in [0.1, 0.15) is 26.7 Å². The molecular formula is C16H27F3N4O4. The average molecular weight is 396 g/mol. The standard InChI is InChI=1S/C14H26N4O2.C2HF3O2/c1-10(2)7-12(16)13(19)9-18(6-4-15)8-11-3-5-17-14(11)20;3-2(4,5)1(6)7/h10-13,19H,3,5-9,16H2,1-2H3,(H,17,20);(H,6,7)/t11-,12-,13?;/m0./s1. The molecule has 1 heterocycles. The summed E-state index contributed by atoms with van der Waals surface area (Å²) in [5.41, 5.74) is 5.96. The number of nitrogens with one attached hydrogen (secondary N) is 1. The van der Waals surface area contributed by atoms with Gasteiger partial charge in [0.2, 0.25) is 5.91 Å². The number of amides is 1. The van der Waals surface area contributed by atoms with E-state index in [-0.39, 0.29) is 24.4 Å². The number of nitriles is 1. The fourth-order valence-electron chi connectivity index (χ4n) is 2.54. The van der Waals surface area contributed by atoms with Gasteiger partial charge >= 0.3 is 12.1 Å². The topological polar surface area (TPSA) is 140 Å². The van der Waals surface area contributed by atoms with Crippen molar-refractivity contribution in [2.75, 3.05) is 26.2 Å². The molecule has 1 fully saturated rings. The quantitative estimate of drug-likeness (QED) is 0.433. The molecule has 27 heavy (non-hydrogen) atoms. The molecule has 1 amide bonds. The van der Waals surface area contributed by atoms with Crippen LogP contribution in [0.25, 0.3) is 0 Å². The second-order valence-electron chi connectivity index (χ2n) is 6.79. The number of alkyl halides is 3. The molecule has 1 aliphatic rings. The highest BCUT2D eigenvalue weighted by Gasteiger charge is 2.38. The van der Waals surface area contributed by atoms with Crippen molar-refractivity contribution >= 4 is 11.9 Å². The zero-order valence-corrected chi connectivity index (χ0v) is 15.4. The van der Waals surface area contributed by atoms with Crippen molar-refractivity contribution in [2.45, 2.75) is 45.0 Å². The van der Waals surface area contributed by atoms with Crippen LogP contribution in [-0.4, -0.2) is 71.5 Å². The summed E-state index contributed by atoms with van der Waals surface area (Å²) in [6, 6.07) is 1.79. The molecular weight excluding hydrogens is 369 g/mol. The van der Waals surface area contributed by atoms with E-state index in [1.165, 1.54) is 0 Å². The highest BCUT2D eigenvalue weighted by molar-refractivity contribution is 5.80. The Hall–Kier alpha value is -1.90. The van der Waals surface area contributed by atoms with E-state index in [4.69, 9.17) is 20.9 Å². The highest BCUT2D eigenvalue weighted by atomic mass is 19.4. The number of carboxylic acid groups (broad SMARTS) is 1. The lowest BCUT2D eigenvalue weighted by atomic mass is 9.99. The molecule has 1 rings (SSSR count). The van der Waals surface area contributed by atoms with Crippen molar-refractivity contribution in [3.05, 3.63) is 0 Å². The molecule has 0 saturated carbocycles. The molecule has 5 N–H and O–H groups in total. The van der Waals surface area contributed by atoms with Crippen molar-refractivity contribution in [1.29, 1.82) is 5.26 Å². The van der Waals surface area contributed by atoms with Crippen molar-refractivity contribution < 1.29 is 33.0 Å². The Morgan fingerprint density at radius 2 is 2.04 bits per heavy atom. The zero-order valence-electron chi connectivity index (χ0n) is 15.4. The first kappa shape index (κ1) is 25.1. The number of hydrogen-bond acceptors (Lipinski definition) is 6. The molecule has 11 heteroatoms. The third-order valence-corrected chi connectivity index (χ3v) is 3.86. The minimum absolute atomic E-state index is 0.0360. The number of nitrogens with two attached hydrogens (primary N) is 1. The third kappa shape index (κ3) is 10.7. The van der Waals surface area contributed by atoms with Gasteiger partial charge in [-0.25, -0.2) is 4.79 Å².